The van der Waals surface area contributed by atoms with Crippen molar-refractivity contribution >= 4 is 0 Å². The van der Waals surface area contributed by atoms with Gasteiger partial charge in [0.1, 0.15) is 11.6 Å². The monoisotopic (exact) mass is 319 g/mol. The minimum atomic E-state index is -0.520. The number of methoxy groups -OCH3 is 1. The molecule has 0 spiro atoms. The van der Waals surface area contributed by atoms with E-state index in [4.69, 9.17) is 9.47 Å². The fourth-order valence-electron chi connectivity index (χ4n) is 3.27. The molecule has 0 bridgehead atoms. The van der Waals surface area contributed by atoms with Gasteiger partial charge in [-0.2, -0.15) is 5.26 Å². The first-order chi connectivity index (χ1) is 11.1. The zero-order valence-corrected chi connectivity index (χ0v) is 13.4. The third-order valence-electron chi connectivity index (χ3n) is 4.80. The standard InChI is InChI=1S/C16H21N3O4/c1-10-13(7-17)15(20)18(16(21)19(10)12-3-4-12)8-14(22-2)11-5-6-23-9-11/h11-12,14H,3-6,8-9H2,1-2H3. The highest BCUT2D eigenvalue weighted by Gasteiger charge is 2.31. The van der Waals surface area contributed by atoms with Crippen LogP contribution in [0.4, 0.5) is 0 Å². The number of hydrogen-bond donors (Lipinski definition) is 0. The van der Waals surface area contributed by atoms with E-state index < -0.39 is 5.56 Å². The van der Waals surface area contributed by atoms with E-state index in [1.807, 2.05) is 6.07 Å². The van der Waals surface area contributed by atoms with E-state index in [0.717, 1.165) is 23.8 Å². The Hall–Kier alpha value is -1.91. The van der Waals surface area contributed by atoms with Crippen LogP contribution in [-0.4, -0.2) is 35.6 Å². The van der Waals surface area contributed by atoms with Crippen molar-refractivity contribution in [1.29, 1.82) is 5.26 Å². The number of rotatable bonds is 5. The molecule has 1 aromatic heterocycles. The summed E-state index contributed by atoms with van der Waals surface area (Å²) in [6.45, 7) is 3.07. The number of hydrogen-bond acceptors (Lipinski definition) is 5. The van der Waals surface area contributed by atoms with Crippen molar-refractivity contribution in [2.45, 2.75) is 44.9 Å². The average molecular weight is 319 g/mol. The van der Waals surface area contributed by atoms with Crippen LogP contribution < -0.4 is 11.2 Å². The molecule has 1 aromatic rings. The Morgan fingerprint density at radius 2 is 2.13 bits per heavy atom. The second kappa shape index (κ2) is 6.30. The van der Waals surface area contributed by atoms with Gasteiger partial charge in [0.25, 0.3) is 5.56 Å². The van der Waals surface area contributed by atoms with Gasteiger partial charge in [-0.15, -0.1) is 0 Å². The van der Waals surface area contributed by atoms with Crippen LogP contribution in [0.1, 0.15) is 36.6 Å². The maximum absolute atomic E-state index is 12.8. The summed E-state index contributed by atoms with van der Waals surface area (Å²) in [5.74, 6) is 0.160. The fourth-order valence-corrected chi connectivity index (χ4v) is 3.27. The molecule has 0 radical (unpaired) electrons. The predicted molar refractivity (Wildman–Crippen MR) is 82.4 cm³/mol. The summed E-state index contributed by atoms with van der Waals surface area (Å²) in [5.41, 5.74) is -0.337. The number of ether oxygens (including phenoxy) is 2. The van der Waals surface area contributed by atoms with Crippen molar-refractivity contribution in [2.75, 3.05) is 20.3 Å². The van der Waals surface area contributed by atoms with E-state index in [2.05, 4.69) is 0 Å². The van der Waals surface area contributed by atoms with Crippen LogP contribution >= 0.6 is 0 Å². The third kappa shape index (κ3) is 2.84. The summed E-state index contributed by atoms with van der Waals surface area (Å²) in [7, 11) is 1.58. The minimum Gasteiger partial charge on any atom is -0.381 e. The van der Waals surface area contributed by atoms with Gasteiger partial charge in [-0.05, 0) is 26.2 Å². The summed E-state index contributed by atoms with van der Waals surface area (Å²) in [5, 5.41) is 9.31. The van der Waals surface area contributed by atoms with E-state index >= 15 is 0 Å². The zero-order valence-electron chi connectivity index (χ0n) is 13.4. The maximum atomic E-state index is 12.8. The van der Waals surface area contributed by atoms with E-state index in [1.165, 1.54) is 0 Å². The highest BCUT2D eigenvalue weighted by molar-refractivity contribution is 5.31. The first-order valence-corrected chi connectivity index (χ1v) is 7.95. The summed E-state index contributed by atoms with van der Waals surface area (Å²) in [6, 6.07) is 2.07. The molecule has 7 heteroatoms. The Bertz CT molecular complexity index is 748. The lowest BCUT2D eigenvalue weighted by molar-refractivity contribution is 0.0311. The number of nitrogens with zero attached hydrogens (tertiary/aromatic N) is 3. The molecule has 3 rings (SSSR count). The molecule has 124 valence electrons. The third-order valence-corrected chi connectivity index (χ3v) is 4.80. The van der Waals surface area contributed by atoms with Crippen molar-refractivity contribution in [3.63, 3.8) is 0 Å². The zero-order chi connectivity index (χ0) is 16.6. The van der Waals surface area contributed by atoms with Crippen LogP contribution in [0.5, 0.6) is 0 Å². The molecule has 7 nitrogen and oxygen atoms in total. The van der Waals surface area contributed by atoms with Gasteiger partial charge < -0.3 is 9.47 Å². The lowest BCUT2D eigenvalue weighted by Crippen LogP contribution is -2.46. The van der Waals surface area contributed by atoms with E-state index in [9.17, 15) is 14.9 Å². The second-order valence-electron chi connectivity index (χ2n) is 6.27. The first-order valence-electron chi connectivity index (χ1n) is 7.95. The molecule has 2 aliphatic rings. The van der Waals surface area contributed by atoms with Gasteiger partial charge in [-0.1, -0.05) is 0 Å². The van der Waals surface area contributed by atoms with E-state index in [0.29, 0.717) is 18.9 Å². The SMILES string of the molecule is COC(Cn1c(=O)c(C#N)c(C)n(C2CC2)c1=O)C1CCOC1. The Morgan fingerprint density at radius 1 is 1.39 bits per heavy atom. The molecule has 0 N–H and O–H groups in total. The van der Waals surface area contributed by atoms with Crippen molar-refractivity contribution < 1.29 is 9.47 Å². The lowest BCUT2D eigenvalue weighted by Gasteiger charge is -2.22. The molecule has 2 heterocycles. The van der Waals surface area contributed by atoms with Crippen molar-refractivity contribution in [1.82, 2.24) is 9.13 Å². The summed E-state index contributed by atoms with van der Waals surface area (Å²) < 4.78 is 13.6. The van der Waals surface area contributed by atoms with Crippen LogP contribution in [0.25, 0.3) is 0 Å². The summed E-state index contributed by atoms with van der Waals surface area (Å²) >= 11 is 0. The molecule has 23 heavy (non-hydrogen) atoms. The van der Waals surface area contributed by atoms with Crippen molar-refractivity contribution in [3.05, 3.63) is 32.1 Å². The maximum Gasteiger partial charge on any atom is 0.331 e. The molecule has 0 amide bonds. The molecule has 2 atom stereocenters. The van der Waals surface area contributed by atoms with E-state index in [1.54, 1.807) is 18.6 Å². The minimum absolute atomic E-state index is 0.0500. The second-order valence-corrected chi connectivity index (χ2v) is 6.27. The van der Waals surface area contributed by atoms with Crippen LogP contribution in [0, 0.1) is 24.2 Å². The normalized spacial score (nSPS) is 22.0. The Kier molecular flexibility index (Phi) is 4.37. The molecule has 2 unspecified atom stereocenters. The van der Waals surface area contributed by atoms with Gasteiger partial charge in [0, 0.05) is 31.4 Å². The quantitative estimate of drug-likeness (QED) is 0.792. The van der Waals surface area contributed by atoms with Crippen LogP contribution in [0.3, 0.4) is 0 Å². The van der Waals surface area contributed by atoms with Crippen LogP contribution in [0.2, 0.25) is 0 Å². The largest absolute Gasteiger partial charge is 0.381 e. The molecule has 1 saturated heterocycles. The van der Waals surface area contributed by atoms with Gasteiger partial charge in [0.15, 0.2) is 0 Å². The smallest absolute Gasteiger partial charge is 0.331 e. The molecule has 1 saturated carbocycles. The molecule has 0 aromatic carbocycles. The van der Waals surface area contributed by atoms with Crippen LogP contribution in [0.15, 0.2) is 9.59 Å². The van der Waals surface area contributed by atoms with Crippen molar-refractivity contribution in [3.8, 4) is 6.07 Å². The Morgan fingerprint density at radius 3 is 2.65 bits per heavy atom. The van der Waals surface area contributed by atoms with Gasteiger partial charge in [0.2, 0.25) is 0 Å². The topological polar surface area (TPSA) is 86.2 Å². The predicted octanol–water partition coefficient (Wildman–Crippen LogP) is 0.576. The molecular weight excluding hydrogens is 298 g/mol. The fraction of sp³-hybridized carbons (Fsp3) is 0.688. The van der Waals surface area contributed by atoms with Gasteiger partial charge in [-0.3, -0.25) is 13.9 Å². The van der Waals surface area contributed by atoms with Crippen molar-refractivity contribution in [2.24, 2.45) is 5.92 Å². The summed E-state index contributed by atoms with van der Waals surface area (Å²) in [6.07, 6.45) is 2.40. The van der Waals surface area contributed by atoms with Gasteiger partial charge in [0.05, 0.1) is 19.3 Å². The molecule has 2 fully saturated rings. The number of nitriles is 1. The lowest BCUT2D eigenvalue weighted by atomic mass is 10.0. The highest BCUT2D eigenvalue weighted by atomic mass is 16.5. The summed E-state index contributed by atoms with van der Waals surface area (Å²) in [4.78, 5) is 25.3. The first kappa shape index (κ1) is 16.0. The highest BCUT2D eigenvalue weighted by Crippen LogP contribution is 2.34. The number of aromatic nitrogens is 2. The van der Waals surface area contributed by atoms with Gasteiger partial charge in [-0.25, -0.2) is 4.79 Å². The van der Waals surface area contributed by atoms with E-state index in [-0.39, 0.29) is 35.9 Å². The average Bonchev–Trinajstić information content (AvgIpc) is 3.21. The molecule has 1 aliphatic carbocycles. The Labute approximate surface area is 134 Å². The molecule has 1 aliphatic heterocycles. The van der Waals surface area contributed by atoms with Gasteiger partial charge >= 0.3 is 5.69 Å². The Balaban J connectivity index is 2.04. The molecular formula is C16H21N3O4. The van der Waals surface area contributed by atoms with Crippen LogP contribution in [-0.2, 0) is 16.0 Å².